The molecule has 2 atom stereocenters. The molecule has 2 aromatic rings. The Morgan fingerprint density at radius 1 is 1.17 bits per heavy atom. The van der Waals surface area contributed by atoms with Crippen molar-refractivity contribution in [1.82, 2.24) is 5.43 Å². The van der Waals surface area contributed by atoms with Gasteiger partial charge in [-0.05, 0) is 42.5 Å². The second-order valence-corrected chi connectivity index (χ2v) is 5.84. The van der Waals surface area contributed by atoms with Crippen LogP contribution in [-0.4, -0.2) is 16.5 Å². The van der Waals surface area contributed by atoms with Crippen LogP contribution < -0.4 is 5.43 Å². The summed E-state index contributed by atoms with van der Waals surface area (Å²) < 4.78 is 0. The van der Waals surface area contributed by atoms with Crippen LogP contribution in [0.3, 0.4) is 0 Å². The van der Waals surface area contributed by atoms with Crippen molar-refractivity contribution in [3.05, 3.63) is 75.8 Å². The fourth-order valence-electron chi connectivity index (χ4n) is 2.66. The van der Waals surface area contributed by atoms with E-state index in [1.807, 2.05) is 30.3 Å². The minimum Gasteiger partial charge on any atom is -0.273 e. The highest BCUT2D eigenvalue weighted by Crippen LogP contribution is 2.47. The molecule has 0 spiro atoms. The van der Waals surface area contributed by atoms with E-state index in [4.69, 9.17) is 0 Å². The van der Waals surface area contributed by atoms with Crippen molar-refractivity contribution in [1.29, 1.82) is 0 Å². The molecule has 3 rings (SSSR count). The van der Waals surface area contributed by atoms with E-state index < -0.39 is 4.92 Å². The topological polar surface area (TPSA) is 84.6 Å². The van der Waals surface area contributed by atoms with E-state index >= 15 is 0 Å². The SMILES string of the molecule is C/C(=N/NC(=O)[C@@H]1C[C@@H]1c1ccccc1)c1ccc([N+](=O)[O-])cc1. The van der Waals surface area contributed by atoms with Gasteiger partial charge in [0.1, 0.15) is 0 Å². The predicted octanol–water partition coefficient (Wildman–Crippen LogP) is 3.24. The molecule has 0 heterocycles. The van der Waals surface area contributed by atoms with Crippen LogP contribution in [0, 0.1) is 16.0 Å². The molecule has 1 amide bonds. The Morgan fingerprint density at radius 2 is 1.83 bits per heavy atom. The first kappa shape index (κ1) is 15.9. The molecule has 1 fully saturated rings. The lowest BCUT2D eigenvalue weighted by atomic mass is 10.1. The molecule has 6 nitrogen and oxygen atoms in total. The number of hydrogen-bond acceptors (Lipinski definition) is 4. The number of nitrogens with one attached hydrogen (secondary N) is 1. The third-order valence-electron chi connectivity index (χ3n) is 4.18. The van der Waals surface area contributed by atoms with Gasteiger partial charge >= 0.3 is 0 Å². The Kier molecular flexibility index (Phi) is 4.37. The highest BCUT2D eigenvalue weighted by molar-refractivity contribution is 5.99. The fourth-order valence-corrected chi connectivity index (χ4v) is 2.66. The number of amides is 1. The summed E-state index contributed by atoms with van der Waals surface area (Å²) in [7, 11) is 0. The number of rotatable bonds is 5. The summed E-state index contributed by atoms with van der Waals surface area (Å²) in [6, 6.07) is 16.0. The summed E-state index contributed by atoms with van der Waals surface area (Å²) >= 11 is 0. The van der Waals surface area contributed by atoms with Gasteiger partial charge < -0.3 is 0 Å². The van der Waals surface area contributed by atoms with Crippen LogP contribution in [0.5, 0.6) is 0 Å². The van der Waals surface area contributed by atoms with Gasteiger partial charge in [-0.3, -0.25) is 14.9 Å². The number of carbonyl (C=O) groups is 1. The highest BCUT2D eigenvalue weighted by atomic mass is 16.6. The molecule has 1 saturated carbocycles. The van der Waals surface area contributed by atoms with E-state index in [0.29, 0.717) is 5.71 Å². The Bertz CT molecular complexity index is 785. The van der Waals surface area contributed by atoms with Crippen LogP contribution >= 0.6 is 0 Å². The first-order chi connectivity index (χ1) is 11.6. The number of nitrogens with zero attached hydrogens (tertiary/aromatic N) is 2. The van der Waals surface area contributed by atoms with Crippen molar-refractivity contribution in [2.24, 2.45) is 11.0 Å². The van der Waals surface area contributed by atoms with Crippen molar-refractivity contribution < 1.29 is 9.72 Å². The molecule has 2 aromatic carbocycles. The number of nitro benzene ring substituents is 1. The molecule has 0 bridgehead atoms. The molecule has 1 N–H and O–H groups in total. The zero-order valence-corrected chi connectivity index (χ0v) is 13.2. The minimum absolute atomic E-state index is 0.0271. The molecule has 0 aromatic heterocycles. The molecule has 0 unspecified atom stereocenters. The average molecular weight is 323 g/mol. The minimum atomic E-state index is -0.450. The lowest BCUT2D eigenvalue weighted by molar-refractivity contribution is -0.384. The largest absolute Gasteiger partial charge is 0.273 e. The van der Waals surface area contributed by atoms with E-state index in [2.05, 4.69) is 10.5 Å². The molecule has 0 aliphatic heterocycles. The smallest absolute Gasteiger partial charge is 0.269 e. The summed E-state index contributed by atoms with van der Waals surface area (Å²) in [5, 5.41) is 14.8. The Labute approximate surface area is 139 Å². The standard InChI is InChI=1S/C18H17N3O3/c1-12(13-7-9-15(10-8-13)21(23)24)19-20-18(22)17-11-16(17)14-5-3-2-4-6-14/h2-10,16-17H,11H2,1H3,(H,20,22)/b19-12-/t16-,17-/m1/s1. The van der Waals surface area contributed by atoms with Crippen LogP contribution in [0.15, 0.2) is 59.7 Å². The maximum atomic E-state index is 12.2. The molecule has 24 heavy (non-hydrogen) atoms. The Hall–Kier alpha value is -3.02. The van der Waals surface area contributed by atoms with E-state index in [-0.39, 0.29) is 23.4 Å². The Balaban J connectivity index is 1.59. The Morgan fingerprint density at radius 3 is 2.46 bits per heavy atom. The molecular weight excluding hydrogens is 306 g/mol. The van der Waals surface area contributed by atoms with Crippen molar-refractivity contribution in [3.8, 4) is 0 Å². The second-order valence-electron chi connectivity index (χ2n) is 5.84. The molecule has 0 radical (unpaired) electrons. The number of carbonyl (C=O) groups excluding carboxylic acids is 1. The molecule has 1 aliphatic carbocycles. The molecule has 6 heteroatoms. The summed E-state index contributed by atoms with van der Waals surface area (Å²) in [6.07, 6.45) is 0.835. The van der Waals surface area contributed by atoms with E-state index in [1.165, 1.54) is 17.7 Å². The monoisotopic (exact) mass is 323 g/mol. The first-order valence-electron chi connectivity index (χ1n) is 7.70. The molecular formula is C18H17N3O3. The van der Waals surface area contributed by atoms with Gasteiger partial charge in [0.2, 0.25) is 5.91 Å². The van der Waals surface area contributed by atoms with Gasteiger partial charge in [-0.1, -0.05) is 30.3 Å². The maximum Gasteiger partial charge on any atom is 0.269 e. The summed E-state index contributed by atoms with van der Waals surface area (Å²) in [4.78, 5) is 22.4. The quantitative estimate of drug-likeness (QED) is 0.521. The van der Waals surface area contributed by atoms with Crippen LogP contribution in [-0.2, 0) is 4.79 Å². The highest BCUT2D eigenvalue weighted by Gasteiger charge is 2.43. The van der Waals surface area contributed by atoms with Gasteiger partial charge in [0.25, 0.3) is 5.69 Å². The molecule has 1 aliphatic rings. The summed E-state index contributed by atoms with van der Waals surface area (Å²) in [6.45, 7) is 1.75. The number of nitro groups is 1. The van der Waals surface area contributed by atoms with E-state index in [0.717, 1.165) is 12.0 Å². The van der Waals surface area contributed by atoms with Crippen LogP contribution in [0.4, 0.5) is 5.69 Å². The van der Waals surface area contributed by atoms with E-state index in [9.17, 15) is 14.9 Å². The van der Waals surface area contributed by atoms with Gasteiger partial charge in [-0.2, -0.15) is 5.10 Å². The number of non-ortho nitro benzene ring substituents is 1. The van der Waals surface area contributed by atoms with Gasteiger partial charge in [0.15, 0.2) is 0 Å². The van der Waals surface area contributed by atoms with Gasteiger partial charge in [0.05, 0.1) is 10.6 Å². The zero-order valence-electron chi connectivity index (χ0n) is 13.2. The predicted molar refractivity (Wildman–Crippen MR) is 90.7 cm³/mol. The summed E-state index contributed by atoms with van der Waals surface area (Å²) in [5.74, 6) is 0.131. The summed E-state index contributed by atoms with van der Waals surface area (Å²) in [5.41, 5.74) is 5.14. The average Bonchev–Trinajstić information content (AvgIpc) is 3.41. The molecule has 122 valence electrons. The van der Waals surface area contributed by atoms with Crippen molar-refractivity contribution >= 4 is 17.3 Å². The third-order valence-corrected chi connectivity index (χ3v) is 4.18. The lowest BCUT2D eigenvalue weighted by Crippen LogP contribution is -2.21. The van der Waals surface area contributed by atoms with Crippen molar-refractivity contribution in [2.75, 3.05) is 0 Å². The first-order valence-corrected chi connectivity index (χ1v) is 7.70. The van der Waals surface area contributed by atoms with Gasteiger partial charge in [-0.15, -0.1) is 0 Å². The van der Waals surface area contributed by atoms with Crippen molar-refractivity contribution in [2.45, 2.75) is 19.3 Å². The third kappa shape index (κ3) is 3.48. The maximum absolute atomic E-state index is 12.2. The van der Waals surface area contributed by atoms with Crippen LogP contribution in [0.1, 0.15) is 30.4 Å². The van der Waals surface area contributed by atoms with Gasteiger partial charge in [-0.25, -0.2) is 5.43 Å². The van der Waals surface area contributed by atoms with Crippen molar-refractivity contribution in [3.63, 3.8) is 0 Å². The number of benzene rings is 2. The normalized spacial score (nSPS) is 19.6. The second kappa shape index (κ2) is 6.62. The van der Waals surface area contributed by atoms with Crippen LogP contribution in [0.25, 0.3) is 0 Å². The van der Waals surface area contributed by atoms with Crippen LogP contribution in [0.2, 0.25) is 0 Å². The number of hydrogen-bond donors (Lipinski definition) is 1. The van der Waals surface area contributed by atoms with Gasteiger partial charge in [0, 0.05) is 18.1 Å². The lowest BCUT2D eigenvalue weighted by Gasteiger charge is -2.03. The fraction of sp³-hybridized carbons (Fsp3) is 0.222. The van der Waals surface area contributed by atoms with E-state index in [1.54, 1.807) is 19.1 Å². The number of hydrazone groups is 1. The molecule has 0 saturated heterocycles. The zero-order chi connectivity index (χ0) is 17.1.